The molecule has 2 atom stereocenters. The standard InChI is InChI=1S/C14H19ClN4O4/c1-14(2,3)23-13(22)16-7-9(20)11(21)8-6-17-19-5-4-10(15)18-12(8)19/h4-6,9,11,20-21H,7H2,1-3H3,(H,16,22). The van der Waals surface area contributed by atoms with Crippen LogP contribution in [0.15, 0.2) is 18.5 Å². The van der Waals surface area contributed by atoms with Gasteiger partial charge in [0, 0.05) is 18.3 Å². The first kappa shape index (κ1) is 17.5. The Morgan fingerprint density at radius 2 is 2.17 bits per heavy atom. The van der Waals surface area contributed by atoms with Crippen LogP contribution in [0, 0.1) is 0 Å². The van der Waals surface area contributed by atoms with Crippen LogP contribution in [0.25, 0.3) is 5.65 Å². The van der Waals surface area contributed by atoms with Gasteiger partial charge < -0.3 is 20.3 Å². The maximum absolute atomic E-state index is 11.6. The molecule has 1 amide bonds. The van der Waals surface area contributed by atoms with Gasteiger partial charge in [0.05, 0.1) is 6.20 Å². The van der Waals surface area contributed by atoms with E-state index in [4.69, 9.17) is 16.3 Å². The number of rotatable bonds is 4. The normalized spacial score (nSPS) is 14.5. The van der Waals surface area contributed by atoms with Gasteiger partial charge in [0.25, 0.3) is 0 Å². The Hall–Kier alpha value is -1.90. The van der Waals surface area contributed by atoms with Gasteiger partial charge in [-0.15, -0.1) is 0 Å². The van der Waals surface area contributed by atoms with E-state index in [9.17, 15) is 15.0 Å². The summed E-state index contributed by atoms with van der Waals surface area (Å²) in [4.78, 5) is 15.6. The molecule has 0 saturated heterocycles. The van der Waals surface area contributed by atoms with E-state index in [-0.39, 0.29) is 11.7 Å². The van der Waals surface area contributed by atoms with Crippen LogP contribution in [0.3, 0.4) is 0 Å². The highest BCUT2D eigenvalue weighted by Gasteiger charge is 2.24. The van der Waals surface area contributed by atoms with Crippen LogP contribution in [-0.2, 0) is 4.74 Å². The lowest BCUT2D eigenvalue weighted by Crippen LogP contribution is -2.38. The van der Waals surface area contributed by atoms with Crippen molar-refractivity contribution in [3.63, 3.8) is 0 Å². The predicted molar refractivity (Wildman–Crippen MR) is 83.2 cm³/mol. The van der Waals surface area contributed by atoms with Crippen molar-refractivity contribution in [3.8, 4) is 0 Å². The van der Waals surface area contributed by atoms with E-state index < -0.39 is 23.9 Å². The number of alkyl carbamates (subject to hydrolysis) is 1. The van der Waals surface area contributed by atoms with Gasteiger partial charge in [-0.1, -0.05) is 11.6 Å². The Kier molecular flexibility index (Phi) is 5.08. The second-order valence-corrected chi connectivity index (χ2v) is 6.40. The molecule has 2 heterocycles. The molecule has 2 aromatic heterocycles. The number of carbonyl (C=O) groups is 1. The Morgan fingerprint density at radius 3 is 2.83 bits per heavy atom. The van der Waals surface area contributed by atoms with Crippen LogP contribution >= 0.6 is 11.6 Å². The fraction of sp³-hybridized carbons (Fsp3) is 0.500. The summed E-state index contributed by atoms with van der Waals surface area (Å²) in [5.41, 5.74) is 0.00355. The summed E-state index contributed by atoms with van der Waals surface area (Å²) in [6.07, 6.45) is -0.235. The summed E-state index contributed by atoms with van der Waals surface area (Å²) >= 11 is 5.83. The minimum absolute atomic E-state index is 0.187. The summed E-state index contributed by atoms with van der Waals surface area (Å²) in [7, 11) is 0. The van der Waals surface area contributed by atoms with Gasteiger partial charge in [-0.2, -0.15) is 5.10 Å². The molecule has 0 saturated carbocycles. The number of amides is 1. The van der Waals surface area contributed by atoms with Gasteiger partial charge in [-0.05, 0) is 26.8 Å². The molecule has 126 valence electrons. The third kappa shape index (κ3) is 4.54. The van der Waals surface area contributed by atoms with Crippen molar-refractivity contribution in [1.82, 2.24) is 19.9 Å². The largest absolute Gasteiger partial charge is 0.444 e. The quantitative estimate of drug-likeness (QED) is 0.723. The first-order valence-corrected chi connectivity index (χ1v) is 7.38. The highest BCUT2D eigenvalue weighted by atomic mass is 35.5. The van der Waals surface area contributed by atoms with Gasteiger partial charge in [0.1, 0.15) is 23.0 Å². The third-order valence-electron chi connectivity index (χ3n) is 2.90. The Balaban J connectivity index is 2.03. The first-order chi connectivity index (χ1) is 10.7. The molecule has 3 N–H and O–H groups in total. The average Bonchev–Trinajstić information content (AvgIpc) is 2.85. The van der Waals surface area contributed by atoms with Crippen molar-refractivity contribution in [2.24, 2.45) is 0 Å². The van der Waals surface area contributed by atoms with Crippen LogP contribution < -0.4 is 5.32 Å². The maximum atomic E-state index is 11.6. The van der Waals surface area contributed by atoms with Crippen LogP contribution in [0.4, 0.5) is 4.79 Å². The van der Waals surface area contributed by atoms with Crippen molar-refractivity contribution in [1.29, 1.82) is 0 Å². The molecular weight excluding hydrogens is 324 g/mol. The summed E-state index contributed by atoms with van der Waals surface area (Å²) < 4.78 is 6.48. The van der Waals surface area contributed by atoms with Crippen LogP contribution in [-0.4, -0.2) is 49.2 Å². The Bertz CT molecular complexity index is 698. The molecule has 0 bridgehead atoms. The van der Waals surface area contributed by atoms with Gasteiger partial charge in [0.15, 0.2) is 5.65 Å². The molecule has 0 aliphatic rings. The van der Waals surface area contributed by atoms with E-state index in [2.05, 4.69) is 15.4 Å². The third-order valence-corrected chi connectivity index (χ3v) is 3.11. The second kappa shape index (κ2) is 6.69. The van der Waals surface area contributed by atoms with Gasteiger partial charge in [-0.3, -0.25) is 0 Å². The summed E-state index contributed by atoms with van der Waals surface area (Å²) in [5, 5.41) is 26.9. The molecule has 2 rings (SSSR count). The number of carbonyl (C=O) groups excluding carboxylic acids is 1. The second-order valence-electron chi connectivity index (χ2n) is 6.01. The fourth-order valence-corrected chi connectivity index (χ4v) is 2.03. The van der Waals surface area contributed by atoms with Gasteiger partial charge in [0.2, 0.25) is 0 Å². The maximum Gasteiger partial charge on any atom is 0.407 e. The van der Waals surface area contributed by atoms with Crippen molar-refractivity contribution in [3.05, 3.63) is 29.2 Å². The van der Waals surface area contributed by atoms with E-state index in [1.165, 1.54) is 10.7 Å². The number of aliphatic hydroxyl groups excluding tert-OH is 2. The average molecular weight is 343 g/mol. The number of ether oxygens (including phenoxy) is 1. The zero-order valence-corrected chi connectivity index (χ0v) is 13.8. The highest BCUT2D eigenvalue weighted by Crippen LogP contribution is 2.21. The molecule has 2 aromatic rings. The van der Waals surface area contributed by atoms with Gasteiger partial charge in [-0.25, -0.2) is 14.3 Å². The number of hydrogen-bond donors (Lipinski definition) is 3. The number of hydrogen-bond acceptors (Lipinski definition) is 6. The lowest BCUT2D eigenvalue weighted by molar-refractivity contribution is 0.0135. The zero-order chi connectivity index (χ0) is 17.2. The van der Waals surface area contributed by atoms with Crippen LogP contribution in [0.1, 0.15) is 32.4 Å². The number of halogens is 1. The number of aromatic nitrogens is 3. The fourth-order valence-electron chi connectivity index (χ4n) is 1.89. The highest BCUT2D eigenvalue weighted by molar-refractivity contribution is 6.29. The molecule has 0 aliphatic heterocycles. The zero-order valence-electron chi connectivity index (χ0n) is 13.0. The van der Waals surface area contributed by atoms with Crippen molar-refractivity contribution in [2.75, 3.05) is 6.54 Å². The molecule has 8 nitrogen and oxygen atoms in total. The number of fused-ring (bicyclic) bond motifs is 1. The molecule has 0 aliphatic carbocycles. The van der Waals surface area contributed by atoms with Crippen LogP contribution in [0.5, 0.6) is 0 Å². The van der Waals surface area contributed by atoms with Crippen molar-refractivity contribution in [2.45, 2.75) is 38.6 Å². The minimum atomic E-state index is -1.28. The van der Waals surface area contributed by atoms with Crippen molar-refractivity contribution >= 4 is 23.3 Å². The molecule has 0 spiro atoms. The lowest BCUT2D eigenvalue weighted by Gasteiger charge is -2.21. The number of nitrogens with one attached hydrogen (secondary N) is 1. The van der Waals surface area contributed by atoms with Crippen molar-refractivity contribution < 1.29 is 19.7 Å². The monoisotopic (exact) mass is 342 g/mol. The topological polar surface area (TPSA) is 109 Å². The van der Waals surface area contributed by atoms with Gasteiger partial charge >= 0.3 is 6.09 Å². The molecule has 0 fully saturated rings. The Labute approximate surface area is 138 Å². The first-order valence-electron chi connectivity index (χ1n) is 7.00. The summed E-state index contributed by atoms with van der Waals surface area (Å²) in [6, 6.07) is 1.55. The minimum Gasteiger partial charge on any atom is -0.444 e. The molecule has 0 aromatic carbocycles. The van der Waals surface area contributed by atoms with E-state index in [0.29, 0.717) is 11.2 Å². The summed E-state index contributed by atoms with van der Waals surface area (Å²) in [5.74, 6) is 0. The Morgan fingerprint density at radius 1 is 1.48 bits per heavy atom. The van der Waals surface area contributed by atoms with E-state index in [1.807, 2.05) is 0 Å². The SMILES string of the molecule is CC(C)(C)OC(=O)NCC(O)C(O)c1cnn2ccc(Cl)nc12. The molecule has 9 heteroatoms. The van der Waals surface area contributed by atoms with Crippen LogP contribution in [0.2, 0.25) is 5.15 Å². The molecule has 23 heavy (non-hydrogen) atoms. The molecule has 2 unspecified atom stereocenters. The predicted octanol–water partition coefficient (Wildman–Crippen LogP) is 1.30. The van der Waals surface area contributed by atoms with E-state index in [0.717, 1.165) is 0 Å². The number of nitrogens with zero attached hydrogens (tertiary/aromatic N) is 3. The molecule has 0 radical (unpaired) electrons. The summed E-state index contributed by atoms with van der Waals surface area (Å²) in [6.45, 7) is 5.00. The van der Waals surface area contributed by atoms with E-state index in [1.54, 1.807) is 33.0 Å². The smallest absolute Gasteiger partial charge is 0.407 e. The van der Waals surface area contributed by atoms with E-state index >= 15 is 0 Å². The number of aliphatic hydroxyl groups is 2. The molecular formula is C14H19ClN4O4. The lowest BCUT2D eigenvalue weighted by atomic mass is 10.1.